The second-order valence-corrected chi connectivity index (χ2v) is 3.56. The van der Waals surface area contributed by atoms with Crippen LogP contribution in [0.25, 0.3) is 0 Å². The molecule has 0 radical (unpaired) electrons. The summed E-state index contributed by atoms with van der Waals surface area (Å²) in [4.78, 5) is 13.0. The molecule has 2 heteroatoms. The summed E-state index contributed by atoms with van der Waals surface area (Å²) in [6.45, 7) is 5.79. The van der Waals surface area contributed by atoms with Crippen LogP contribution in [0.3, 0.4) is 0 Å². The quantitative estimate of drug-likeness (QED) is 0.617. The maximum absolute atomic E-state index is 10.9. The molecule has 2 unspecified atom stereocenters. The van der Waals surface area contributed by atoms with Gasteiger partial charge in [0.25, 0.3) is 0 Å². The van der Waals surface area contributed by atoms with Gasteiger partial charge in [0.1, 0.15) is 5.78 Å². The molecule has 0 fully saturated rings. The summed E-state index contributed by atoms with van der Waals surface area (Å²) in [5.74, 6) is 0.492. The van der Waals surface area contributed by atoms with Crippen molar-refractivity contribution in [3.05, 3.63) is 0 Å². The molecule has 0 saturated heterocycles. The lowest BCUT2D eigenvalue weighted by atomic mass is 9.99. The fourth-order valence-electron chi connectivity index (χ4n) is 0.888. The van der Waals surface area contributed by atoms with Gasteiger partial charge in [-0.1, -0.05) is 6.92 Å². The molecule has 66 valence electrons. The van der Waals surface area contributed by atoms with Crippen LogP contribution in [-0.2, 0) is 4.79 Å². The first-order chi connectivity index (χ1) is 4.95. The number of Topliss-reactive ketones (excluding diaryl/α,β-unsaturated/α-hetero) is 1. The molecule has 0 saturated carbocycles. The summed E-state index contributed by atoms with van der Waals surface area (Å²) in [6, 6.07) is 0.494. The third-order valence-electron chi connectivity index (χ3n) is 2.27. The Labute approximate surface area is 69.6 Å². The molecule has 0 heterocycles. The lowest BCUT2D eigenvalue weighted by Gasteiger charge is -2.21. The standard InChI is InChI=1S/C9H19NO/c1-7(9(3)11)6-8(2)10(4)5/h7-8H,6H2,1-5H3. The van der Waals surface area contributed by atoms with E-state index in [9.17, 15) is 4.79 Å². The van der Waals surface area contributed by atoms with Crippen molar-refractivity contribution in [2.24, 2.45) is 5.92 Å². The van der Waals surface area contributed by atoms with Crippen LogP contribution in [0.4, 0.5) is 0 Å². The van der Waals surface area contributed by atoms with Gasteiger partial charge in [0.2, 0.25) is 0 Å². The minimum atomic E-state index is 0.201. The van der Waals surface area contributed by atoms with E-state index in [4.69, 9.17) is 0 Å². The van der Waals surface area contributed by atoms with E-state index in [1.807, 2.05) is 21.0 Å². The topological polar surface area (TPSA) is 20.3 Å². The summed E-state index contributed by atoms with van der Waals surface area (Å²) in [5, 5.41) is 0. The highest BCUT2D eigenvalue weighted by Gasteiger charge is 2.13. The van der Waals surface area contributed by atoms with Gasteiger partial charge in [0.15, 0.2) is 0 Å². The van der Waals surface area contributed by atoms with Crippen molar-refractivity contribution in [3.63, 3.8) is 0 Å². The summed E-state index contributed by atoms with van der Waals surface area (Å²) in [7, 11) is 4.08. The Morgan fingerprint density at radius 3 is 2.09 bits per heavy atom. The minimum Gasteiger partial charge on any atom is -0.307 e. The lowest BCUT2D eigenvalue weighted by molar-refractivity contribution is -0.120. The molecule has 0 aliphatic rings. The van der Waals surface area contributed by atoms with Crippen LogP contribution in [0.15, 0.2) is 0 Å². The number of carbonyl (C=O) groups excluding carboxylic acids is 1. The van der Waals surface area contributed by atoms with E-state index in [1.165, 1.54) is 0 Å². The Kier molecular flexibility index (Phi) is 4.34. The molecule has 0 N–H and O–H groups in total. The van der Waals surface area contributed by atoms with Crippen LogP contribution < -0.4 is 0 Å². The molecule has 0 aliphatic heterocycles. The average molecular weight is 157 g/mol. The molecule has 0 rings (SSSR count). The molecular weight excluding hydrogens is 138 g/mol. The highest BCUT2D eigenvalue weighted by molar-refractivity contribution is 5.77. The lowest BCUT2D eigenvalue weighted by Crippen LogP contribution is -2.28. The van der Waals surface area contributed by atoms with Gasteiger partial charge in [0.05, 0.1) is 0 Å². The Bertz CT molecular complexity index is 132. The SMILES string of the molecule is CC(=O)C(C)CC(C)N(C)C. The molecule has 0 aromatic rings. The average Bonchev–Trinajstić information content (AvgIpc) is 1.87. The zero-order valence-electron chi connectivity index (χ0n) is 8.22. The Balaban J connectivity index is 3.75. The van der Waals surface area contributed by atoms with Crippen LogP contribution in [0.1, 0.15) is 27.2 Å². The van der Waals surface area contributed by atoms with Crippen molar-refractivity contribution in [2.75, 3.05) is 14.1 Å². The summed E-state index contributed by atoms with van der Waals surface area (Å²) < 4.78 is 0. The largest absolute Gasteiger partial charge is 0.307 e. The molecular formula is C9H19NO. The third-order valence-corrected chi connectivity index (χ3v) is 2.27. The molecule has 0 aromatic heterocycles. The Hall–Kier alpha value is -0.370. The summed E-state index contributed by atoms with van der Waals surface area (Å²) in [5.41, 5.74) is 0. The number of hydrogen-bond donors (Lipinski definition) is 0. The molecule has 0 spiro atoms. The number of ketones is 1. The Morgan fingerprint density at radius 2 is 1.82 bits per heavy atom. The van der Waals surface area contributed by atoms with E-state index in [1.54, 1.807) is 6.92 Å². The van der Waals surface area contributed by atoms with E-state index in [0.717, 1.165) is 6.42 Å². The van der Waals surface area contributed by atoms with Crippen molar-refractivity contribution in [1.82, 2.24) is 4.90 Å². The van der Waals surface area contributed by atoms with Gasteiger partial charge >= 0.3 is 0 Å². The highest BCUT2D eigenvalue weighted by Crippen LogP contribution is 2.09. The first kappa shape index (κ1) is 10.6. The van der Waals surface area contributed by atoms with Gasteiger partial charge in [-0.3, -0.25) is 4.79 Å². The monoisotopic (exact) mass is 157 g/mol. The summed E-state index contributed by atoms with van der Waals surface area (Å²) in [6.07, 6.45) is 0.961. The van der Waals surface area contributed by atoms with E-state index in [2.05, 4.69) is 11.8 Å². The fraction of sp³-hybridized carbons (Fsp3) is 0.889. The zero-order chi connectivity index (χ0) is 9.02. The number of carbonyl (C=O) groups is 1. The van der Waals surface area contributed by atoms with Crippen LogP contribution in [0, 0.1) is 5.92 Å². The first-order valence-corrected chi connectivity index (χ1v) is 4.12. The second-order valence-electron chi connectivity index (χ2n) is 3.56. The van der Waals surface area contributed by atoms with Gasteiger partial charge in [0, 0.05) is 12.0 Å². The van der Waals surface area contributed by atoms with E-state index in [0.29, 0.717) is 11.8 Å². The van der Waals surface area contributed by atoms with E-state index in [-0.39, 0.29) is 5.92 Å². The fourth-order valence-corrected chi connectivity index (χ4v) is 0.888. The molecule has 0 aromatic carbocycles. The molecule has 0 bridgehead atoms. The normalized spacial score (nSPS) is 16.5. The second kappa shape index (κ2) is 4.50. The van der Waals surface area contributed by atoms with E-state index >= 15 is 0 Å². The van der Waals surface area contributed by atoms with Crippen LogP contribution in [-0.4, -0.2) is 30.8 Å². The van der Waals surface area contributed by atoms with Crippen LogP contribution >= 0.6 is 0 Å². The number of rotatable bonds is 4. The molecule has 11 heavy (non-hydrogen) atoms. The summed E-state index contributed by atoms with van der Waals surface area (Å²) >= 11 is 0. The van der Waals surface area contributed by atoms with Crippen molar-refractivity contribution < 1.29 is 4.79 Å². The van der Waals surface area contributed by atoms with Gasteiger partial charge in [-0.25, -0.2) is 0 Å². The molecule has 0 amide bonds. The van der Waals surface area contributed by atoms with Crippen LogP contribution in [0.5, 0.6) is 0 Å². The van der Waals surface area contributed by atoms with Crippen molar-refractivity contribution in [3.8, 4) is 0 Å². The van der Waals surface area contributed by atoms with Crippen molar-refractivity contribution in [1.29, 1.82) is 0 Å². The maximum atomic E-state index is 10.9. The van der Waals surface area contributed by atoms with Crippen LogP contribution in [0.2, 0.25) is 0 Å². The first-order valence-electron chi connectivity index (χ1n) is 4.12. The minimum absolute atomic E-state index is 0.201. The van der Waals surface area contributed by atoms with Gasteiger partial charge < -0.3 is 4.90 Å². The van der Waals surface area contributed by atoms with Gasteiger partial charge in [-0.2, -0.15) is 0 Å². The third kappa shape index (κ3) is 4.14. The zero-order valence-corrected chi connectivity index (χ0v) is 8.22. The van der Waals surface area contributed by atoms with Crippen molar-refractivity contribution >= 4 is 5.78 Å². The predicted octanol–water partition coefficient (Wildman–Crippen LogP) is 1.55. The maximum Gasteiger partial charge on any atom is 0.132 e. The van der Waals surface area contributed by atoms with Crippen molar-refractivity contribution in [2.45, 2.75) is 33.2 Å². The predicted molar refractivity (Wildman–Crippen MR) is 47.6 cm³/mol. The highest BCUT2D eigenvalue weighted by atomic mass is 16.1. The molecule has 2 nitrogen and oxygen atoms in total. The Morgan fingerprint density at radius 1 is 1.36 bits per heavy atom. The van der Waals surface area contributed by atoms with E-state index < -0.39 is 0 Å². The molecule has 0 aliphatic carbocycles. The van der Waals surface area contributed by atoms with Gasteiger partial charge in [-0.15, -0.1) is 0 Å². The smallest absolute Gasteiger partial charge is 0.132 e. The number of nitrogens with zero attached hydrogens (tertiary/aromatic N) is 1. The number of hydrogen-bond acceptors (Lipinski definition) is 2. The molecule has 2 atom stereocenters. The van der Waals surface area contributed by atoms with Gasteiger partial charge in [-0.05, 0) is 34.4 Å².